The Hall–Kier alpha value is 0.0500. The van der Waals surface area contributed by atoms with E-state index in [9.17, 15) is 8.42 Å². The van der Waals surface area contributed by atoms with Crippen molar-refractivity contribution in [2.45, 2.75) is 19.9 Å². The van der Waals surface area contributed by atoms with Crippen molar-refractivity contribution in [2.24, 2.45) is 0 Å². The summed E-state index contributed by atoms with van der Waals surface area (Å²) in [6, 6.07) is 1.92. The van der Waals surface area contributed by atoms with E-state index >= 15 is 0 Å². The molecule has 17 heavy (non-hydrogen) atoms. The molecule has 0 fully saturated rings. The number of thiophene rings is 1. The molecule has 0 amide bonds. The van der Waals surface area contributed by atoms with Gasteiger partial charge in [0.1, 0.15) is 0 Å². The van der Waals surface area contributed by atoms with Crippen LogP contribution in [0.4, 0.5) is 0 Å². The predicted octanol–water partition coefficient (Wildman–Crippen LogP) is 1.93. The van der Waals surface area contributed by atoms with Gasteiger partial charge in [-0.05, 0) is 41.5 Å². The second-order valence-corrected chi connectivity index (χ2v) is 7.42. The highest BCUT2D eigenvalue weighted by atomic mass is 79.9. The standard InChI is InChI=1S/C10H17BrN2O2S2/c1-2-12-4-3-5-17(14,15)13-7-10-6-9(11)8-16-10/h6,8,12-13H,2-5,7H2,1H3. The van der Waals surface area contributed by atoms with E-state index in [4.69, 9.17) is 0 Å². The van der Waals surface area contributed by atoms with Gasteiger partial charge in [-0.1, -0.05) is 6.92 Å². The zero-order valence-corrected chi connectivity index (χ0v) is 12.9. The van der Waals surface area contributed by atoms with Crippen LogP contribution >= 0.6 is 27.3 Å². The van der Waals surface area contributed by atoms with Gasteiger partial charge in [0.05, 0.1) is 5.75 Å². The summed E-state index contributed by atoms with van der Waals surface area (Å²) in [5, 5.41) is 5.04. The third kappa shape index (κ3) is 6.52. The summed E-state index contributed by atoms with van der Waals surface area (Å²) in [5.41, 5.74) is 0. The lowest BCUT2D eigenvalue weighted by Crippen LogP contribution is -2.27. The molecule has 1 aromatic heterocycles. The van der Waals surface area contributed by atoms with Crippen LogP contribution in [0.3, 0.4) is 0 Å². The summed E-state index contributed by atoms with van der Waals surface area (Å²) < 4.78 is 26.8. The molecule has 0 aliphatic heterocycles. The normalized spacial score (nSPS) is 11.9. The van der Waals surface area contributed by atoms with E-state index in [0.717, 1.165) is 22.4 Å². The molecule has 0 saturated carbocycles. The number of sulfonamides is 1. The minimum atomic E-state index is -3.15. The van der Waals surface area contributed by atoms with Crippen LogP contribution in [0.5, 0.6) is 0 Å². The van der Waals surface area contributed by atoms with E-state index in [1.165, 1.54) is 11.3 Å². The summed E-state index contributed by atoms with van der Waals surface area (Å²) in [6.45, 7) is 3.99. The largest absolute Gasteiger partial charge is 0.317 e. The maximum Gasteiger partial charge on any atom is 0.211 e. The zero-order valence-electron chi connectivity index (χ0n) is 9.70. The maximum atomic E-state index is 11.6. The predicted molar refractivity (Wildman–Crippen MR) is 75.8 cm³/mol. The first-order valence-corrected chi connectivity index (χ1v) is 8.77. The highest BCUT2D eigenvalue weighted by Gasteiger charge is 2.09. The molecular weight excluding hydrogens is 324 g/mol. The van der Waals surface area contributed by atoms with E-state index in [-0.39, 0.29) is 5.75 Å². The smallest absolute Gasteiger partial charge is 0.211 e. The van der Waals surface area contributed by atoms with Gasteiger partial charge in [-0.3, -0.25) is 0 Å². The molecule has 1 rings (SSSR count). The first-order chi connectivity index (χ1) is 8.03. The van der Waals surface area contributed by atoms with Crippen molar-refractivity contribution in [1.29, 1.82) is 0 Å². The Kier molecular flexibility index (Phi) is 6.65. The van der Waals surface area contributed by atoms with Crippen molar-refractivity contribution in [1.82, 2.24) is 10.0 Å². The summed E-state index contributed by atoms with van der Waals surface area (Å²) in [7, 11) is -3.15. The molecule has 7 heteroatoms. The zero-order chi connectivity index (χ0) is 12.7. The molecule has 1 heterocycles. The molecule has 0 aromatic carbocycles. The van der Waals surface area contributed by atoms with Crippen molar-refractivity contribution in [2.75, 3.05) is 18.8 Å². The minimum Gasteiger partial charge on any atom is -0.317 e. The molecule has 1 aromatic rings. The Bertz CT molecular complexity index is 431. The summed E-state index contributed by atoms with van der Waals surface area (Å²) in [4.78, 5) is 1.01. The fourth-order valence-corrected chi connectivity index (χ4v) is 3.79. The Balaban J connectivity index is 2.29. The van der Waals surface area contributed by atoms with Crippen LogP contribution < -0.4 is 10.0 Å². The first kappa shape index (κ1) is 15.1. The van der Waals surface area contributed by atoms with Crippen LogP contribution in [-0.2, 0) is 16.6 Å². The SMILES string of the molecule is CCNCCCS(=O)(=O)NCc1cc(Br)cs1. The topological polar surface area (TPSA) is 58.2 Å². The minimum absolute atomic E-state index is 0.173. The van der Waals surface area contributed by atoms with Gasteiger partial charge in [0.2, 0.25) is 10.0 Å². The molecule has 4 nitrogen and oxygen atoms in total. The lowest BCUT2D eigenvalue weighted by atomic mass is 10.5. The highest BCUT2D eigenvalue weighted by molar-refractivity contribution is 9.10. The average molecular weight is 341 g/mol. The number of rotatable bonds is 8. The third-order valence-electron chi connectivity index (χ3n) is 2.10. The Morgan fingerprint density at radius 3 is 2.82 bits per heavy atom. The summed E-state index contributed by atoms with van der Waals surface area (Å²) in [5.74, 6) is 0.173. The Morgan fingerprint density at radius 1 is 1.47 bits per heavy atom. The molecule has 0 bridgehead atoms. The Morgan fingerprint density at radius 2 is 2.24 bits per heavy atom. The molecule has 2 N–H and O–H groups in total. The fraction of sp³-hybridized carbons (Fsp3) is 0.600. The lowest BCUT2D eigenvalue weighted by Gasteiger charge is -2.05. The van der Waals surface area contributed by atoms with E-state index in [2.05, 4.69) is 26.0 Å². The summed E-state index contributed by atoms with van der Waals surface area (Å²) in [6.07, 6.45) is 0.636. The van der Waals surface area contributed by atoms with Crippen LogP contribution in [0.15, 0.2) is 15.9 Å². The van der Waals surface area contributed by atoms with E-state index in [0.29, 0.717) is 13.0 Å². The van der Waals surface area contributed by atoms with E-state index in [1.54, 1.807) is 0 Å². The molecule has 0 unspecified atom stereocenters. The van der Waals surface area contributed by atoms with Crippen LogP contribution in [-0.4, -0.2) is 27.3 Å². The van der Waals surface area contributed by atoms with Gasteiger partial charge in [0, 0.05) is 21.3 Å². The number of halogens is 1. The second-order valence-electron chi connectivity index (χ2n) is 3.58. The van der Waals surface area contributed by atoms with Crippen molar-refractivity contribution < 1.29 is 8.42 Å². The Labute approximate surface area is 115 Å². The molecule has 0 saturated heterocycles. The monoisotopic (exact) mass is 340 g/mol. The third-order valence-corrected chi connectivity index (χ3v) is 5.21. The number of hydrogen-bond acceptors (Lipinski definition) is 4. The summed E-state index contributed by atoms with van der Waals surface area (Å²) >= 11 is 4.87. The van der Waals surface area contributed by atoms with Crippen LogP contribution in [0.1, 0.15) is 18.2 Å². The van der Waals surface area contributed by atoms with Crippen LogP contribution in [0.25, 0.3) is 0 Å². The molecule has 0 aliphatic carbocycles. The molecule has 0 atom stereocenters. The van der Waals surface area contributed by atoms with E-state index < -0.39 is 10.0 Å². The van der Waals surface area contributed by atoms with Gasteiger partial charge in [-0.15, -0.1) is 11.3 Å². The van der Waals surface area contributed by atoms with E-state index in [1.807, 2.05) is 18.4 Å². The van der Waals surface area contributed by atoms with Gasteiger partial charge in [0.25, 0.3) is 0 Å². The highest BCUT2D eigenvalue weighted by Crippen LogP contribution is 2.19. The quantitative estimate of drug-likeness (QED) is 0.711. The molecule has 0 aliphatic rings. The molecular formula is C10H17BrN2O2S2. The number of hydrogen-bond donors (Lipinski definition) is 2. The van der Waals surface area contributed by atoms with Crippen LogP contribution in [0, 0.1) is 0 Å². The molecule has 98 valence electrons. The van der Waals surface area contributed by atoms with Crippen molar-refractivity contribution >= 4 is 37.3 Å². The first-order valence-electron chi connectivity index (χ1n) is 5.44. The van der Waals surface area contributed by atoms with Gasteiger partial charge in [-0.2, -0.15) is 0 Å². The molecule has 0 radical (unpaired) electrons. The van der Waals surface area contributed by atoms with Gasteiger partial charge in [0.15, 0.2) is 0 Å². The van der Waals surface area contributed by atoms with Crippen molar-refractivity contribution in [3.63, 3.8) is 0 Å². The number of nitrogens with one attached hydrogen (secondary N) is 2. The average Bonchev–Trinajstić information content (AvgIpc) is 2.68. The van der Waals surface area contributed by atoms with Gasteiger partial charge in [-0.25, -0.2) is 13.1 Å². The lowest BCUT2D eigenvalue weighted by molar-refractivity contribution is 0.576. The second kappa shape index (κ2) is 7.48. The van der Waals surface area contributed by atoms with Gasteiger partial charge < -0.3 is 5.32 Å². The van der Waals surface area contributed by atoms with Crippen LogP contribution in [0.2, 0.25) is 0 Å². The fourth-order valence-electron chi connectivity index (χ4n) is 1.26. The van der Waals surface area contributed by atoms with Crippen molar-refractivity contribution in [3.8, 4) is 0 Å². The molecule has 0 spiro atoms. The maximum absolute atomic E-state index is 11.6. The van der Waals surface area contributed by atoms with Crippen molar-refractivity contribution in [3.05, 3.63) is 20.8 Å². The van der Waals surface area contributed by atoms with Gasteiger partial charge >= 0.3 is 0 Å².